The number of benzene rings is 1. The summed E-state index contributed by atoms with van der Waals surface area (Å²) in [4.78, 5) is 20.3. The fourth-order valence-corrected chi connectivity index (χ4v) is 4.27. The fraction of sp³-hybridized carbons (Fsp3) is 0.421. The number of nitrogens with zero attached hydrogens (tertiary/aromatic N) is 2. The van der Waals surface area contributed by atoms with Crippen molar-refractivity contribution in [2.45, 2.75) is 42.4 Å². The highest BCUT2D eigenvalue weighted by Gasteiger charge is 2.32. The van der Waals surface area contributed by atoms with Crippen LogP contribution in [0, 0.1) is 0 Å². The van der Waals surface area contributed by atoms with E-state index in [0.29, 0.717) is 19.3 Å². The molecule has 9 nitrogen and oxygen atoms in total. The van der Waals surface area contributed by atoms with Gasteiger partial charge in [-0.25, -0.2) is 18.1 Å². The first-order chi connectivity index (χ1) is 14.0. The molecule has 1 aliphatic heterocycles. The lowest BCUT2D eigenvalue weighted by molar-refractivity contribution is -0.0891. The van der Waals surface area contributed by atoms with Gasteiger partial charge in [-0.1, -0.05) is 18.2 Å². The van der Waals surface area contributed by atoms with Gasteiger partial charge in [-0.2, -0.15) is 0 Å². The highest BCUT2D eigenvalue weighted by atomic mass is 32.2. The van der Waals surface area contributed by atoms with Gasteiger partial charge < -0.3 is 15.2 Å². The molecule has 0 saturated carbocycles. The smallest absolute Gasteiger partial charge is 0.271 e. The van der Waals surface area contributed by atoms with Crippen LogP contribution < -0.4 is 10.0 Å². The summed E-state index contributed by atoms with van der Waals surface area (Å²) in [5.41, 5.74) is 0.196. The van der Waals surface area contributed by atoms with E-state index in [-0.39, 0.29) is 41.8 Å². The van der Waals surface area contributed by atoms with Crippen molar-refractivity contribution in [3.63, 3.8) is 0 Å². The van der Waals surface area contributed by atoms with E-state index in [1.165, 1.54) is 30.7 Å². The molecule has 1 aromatic heterocycles. The summed E-state index contributed by atoms with van der Waals surface area (Å²) in [7, 11) is -3.56. The van der Waals surface area contributed by atoms with Gasteiger partial charge in [0.1, 0.15) is 11.8 Å². The Labute approximate surface area is 169 Å². The number of aliphatic hydroxyl groups excluding tert-OH is 1. The van der Waals surface area contributed by atoms with Gasteiger partial charge in [0.25, 0.3) is 5.91 Å². The van der Waals surface area contributed by atoms with Crippen molar-refractivity contribution in [3.8, 4) is 0 Å². The van der Waals surface area contributed by atoms with E-state index in [2.05, 4.69) is 20.0 Å². The predicted molar refractivity (Wildman–Crippen MR) is 105 cm³/mol. The molecule has 0 aliphatic carbocycles. The largest absolute Gasteiger partial charge is 0.394 e. The molecule has 1 fully saturated rings. The Balaban J connectivity index is 1.49. The third kappa shape index (κ3) is 5.80. The lowest BCUT2D eigenvalue weighted by atomic mass is 9.97. The minimum atomic E-state index is -3.56. The molecular formula is C19H24N4O5S. The molecule has 0 spiro atoms. The summed E-state index contributed by atoms with van der Waals surface area (Å²) in [6, 6.07) is 7.80. The zero-order valence-corrected chi connectivity index (χ0v) is 16.6. The number of amides is 1. The van der Waals surface area contributed by atoms with E-state index in [1.807, 2.05) is 0 Å². The van der Waals surface area contributed by atoms with Crippen LogP contribution in [0.1, 0.15) is 29.8 Å². The number of rotatable bonds is 8. The Morgan fingerprint density at radius 1 is 1.21 bits per heavy atom. The number of hydrogen-bond donors (Lipinski definition) is 3. The lowest BCUT2D eigenvalue weighted by Crippen LogP contribution is -2.51. The molecule has 3 rings (SSSR count). The Kier molecular flexibility index (Phi) is 7.26. The van der Waals surface area contributed by atoms with Crippen LogP contribution in [0.2, 0.25) is 0 Å². The van der Waals surface area contributed by atoms with Crippen molar-refractivity contribution in [2.24, 2.45) is 0 Å². The molecule has 0 radical (unpaired) electrons. The second-order valence-corrected chi connectivity index (χ2v) is 8.49. The van der Waals surface area contributed by atoms with Gasteiger partial charge in [0.05, 0.1) is 29.8 Å². The molecule has 10 heteroatoms. The van der Waals surface area contributed by atoms with Crippen molar-refractivity contribution < 1.29 is 23.1 Å². The van der Waals surface area contributed by atoms with Gasteiger partial charge in [0, 0.05) is 18.9 Å². The zero-order valence-electron chi connectivity index (χ0n) is 15.8. The Hall–Kier alpha value is -2.40. The van der Waals surface area contributed by atoms with Crippen molar-refractivity contribution >= 4 is 15.9 Å². The predicted octanol–water partition coefficient (Wildman–Crippen LogP) is 0.483. The monoisotopic (exact) mass is 420 g/mol. The second-order valence-electron chi connectivity index (χ2n) is 6.73. The number of sulfonamides is 1. The van der Waals surface area contributed by atoms with E-state index in [0.717, 1.165) is 0 Å². The standard InChI is InChI=1S/C19H24N4O5S/c24-13-18-16(23-19(25)17-12-20-10-11-21-17)7-6-14(28-18)8-9-22-29(26,27)15-4-2-1-3-5-15/h1-5,10-12,14,16,18,22,24H,6-9,13H2,(H,23,25)/t14-,16-,18-/m0/s1. The average molecular weight is 420 g/mol. The average Bonchev–Trinajstić information content (AvgIpc) is 2.75. The summed E-state index contributed by atoms with van der Waals surface area (Å²) < 4.78 is 32.9. The first-order valence-electron chi connectivity index (χ1n) is 9.37. The van der Waals surface area contributed by atoms with E-state index < -0.39 is 16.1 Å². The number of ether oxygens (including phenoxy) is 1. The summed E-state index contributed by atoms with van der Waals surface area (Å²) in [6.45, 7) is -0.0334. The number of hydrogen-bond acceptors (Lipinski definition) is 7. The maximum Gasteiger partial charge on any atom is 0.271 e. The molecule has 3 atom stereocenters. The topological polar surface area (TPSA) is 131 Å². The molecule has 1 aromatic carbocycles. The van der Waals surface area contributed by atoms with Crippen LogP contribution in [0.3, 0.4) is 0 Å². The van der Waals surface area contributed by atoms with Gasteiger partial charge >= 0.3 is 0 Å². The summed E-state index contributed by atoms with van der Waals surface area (Å²) in [6.07, 6.45) is 5.20. The first kappa shape index (κ1) is 21.3. The van der Waals surface area contributed by atoms with Crippen molar-refractivity contribution in [2.75, 3.05) is 13.2 Å². The molecule has 156 valence electrons. The zero-order chi connectivity index (χ0) is 20.7. The number of aliphatic hydroxyl groups is 1. The lowest BCUT2D eigenvalue weighted by Gasteiger charge is -2.36. The Morgan fingerprint density at radius 3 is 2.69 bits per heavy atom. The van der Waals surface area contributed by atoms with Crippen LogP contribution in [0.15, 0.2) is 53.8 Å². The van der Waals surface area contributed by atoms with Crippen molar-refractivity contribution in [1.82, 2.24) is 20.0 Å². The van der Waals surface area contributed by atoms with E-state index >= 15 is 0 Å². The number of carbonyl (C=O) groups is 1. The minimum Gasteiger partial charge on any atom is -0.394 e. The maximum atomic E-state index is 12.3. The first-order valence-corrected chi connectivity index (χ1v) is 10.9. The van der Waals surface area contributed by atoms with Gasteiger partial charge in [-0.3, -0.25) is 9.78 Å². The summed E-state index contributed by atoms with van der Waals surface area (Å²) in [5.74, 6) is -0.376. The van der Waals surface area contributed by atoms with Gasteiger partial charge in [-0.05, 0) is 31.4 Å². The van der Waals surface area contributed by atoms with Crippen LogP contribution in [-0.2, 0) is 14.8 Å². The minimum absolute atomic E-state index is 0.196. The maximum absolute atomic E-state index is 12.3. The van der Waals surface area contributed by atoms with E-state index in [4.69, 9.17) is 4.74 Å². The summed E-state index contributed by atoms with van der Waals surface area (Å²) in [5, 5.41) is 12.5. The molecule has 3 N–H and O–H groups in total. The third-order valence-corrected chi connectivity index (χ3v) is 6.20. The number of aromatic nitrogens is 2. The highest BCUT2D eigenvalue weighted by molar-refractivity contribution is 7.89. The number of carbonyl (C=O) groups excluding carboxylic acids is 1. The quantitative estimate of drug-likeness (QED) is 0.566. The van der Waals surface area contributed by atoms with E-state index in [9.17, 15) is 18.3 Å². The highest BCUT2D eigenvalue weighted by Crippen LogP contribution is 2.22. The second kappa shape index (κ2) is 9.88. The fourth-order valence-electron chi connectivity index (χ4n) is 3.21. The molecule has 1 saturated heterocycles. The normalized spacial score (nSPS) is 22.2. The molecule has 29 heavy (non-hydrogen) atoms. The van der Waals surface area contributed by atoms with Crippen molar-refractivity contribution in [3.05, 3.63) is 54.6 Å². The molecule has 0 unspecified atom stereocenters. The van der Waals surface area contributed by atoms with Gasteiger partial charge in [-0.15, -0.1) is 0 Å². The molecular weight excluding hydrogens is 396 g/mol. The van der Waals surface area contributed by atoms with Gasteiger partial charge in [0.2, 0.25) is 10.0 Å². The molecule has 2 aromatic rings. The molecule has 0 bridgehead atoms. The molecule has 2 heterocycles. The Morgan fingerprint density at radius 2 is 2.00 bits per heavy atom. The molecule has 1 aliphatic rings. The van der Waals surface area contributed by atoms with Crippen LogP contribution in [0.4, 0.5) is 0 Å². The van der Waals surface area contributed by atoms with Crippen LogP contribution in [0.25, 0.3) is 0 Å². The molecule has 1 amide bonds. The van der Waals surface area contributed by atoms with Crippen LogP contribution in [-0.4, -0.2) is 60.8 Å². The van der Waals surface area contributed by atoms with Gasteiger partial charge in [0.15, 0.2) is 0 Å². The number of nitrogens with one attached hydrogen (secondary N) is 2. The Bertz CT molecular complexity index is 895. The van der Waals surface area contributed by atoms with Crippen LogP contribution in [0.5, 0.6) is 0 Å². The SMILES string of the molecule is O=C(N[C@H]1CC[C@@H](CCNS(=O)(=O)c2ccccc2)O[C@H]1CO)c1cnccn1. The summed E-state index contributed by atoms with van der Waals surface area (Å²) >= 11 is 0. The van der Waals surface area contributed by atoms with Crippen LogP contribution >= 0.6 is 0 Å². The van der Waals surface area contributed by atoms with Crippen molar-refractivity contribution in [1.29, 1.82) is 0 Å². The van der Waals surface area contributed by atoms with E-state index in [1.54, 1.807) is 18.2 Å². The third-order valence-electron chi connectivity index (χ3n) is 4.72.